The summed E-state index contributed by atoms with van der Waals surface area (Å²) in [7, 11) is 0. The topological polar surface area (TPSA) is 71.9 Å². The number of nitrogens with one attached hydrogen (secondary N) is 2. The van der Waals surface area contributed by atoms with Crippen molar-refractivity contribution in [3.05, 3.63) is 34.6 Å². The molecule has 6 nitrogen and oxygen atoms in total. The van der Waals surface area contributed by atoms with E-state index in [1.807, 2.05) is 31.2 Å². The Bertz CT molecular complexity index is 884. The van der Waals surface area contributed by atoms with Crippen LogP contribution in [0.5, 0.6) is 0 Å². The average Bonchev–Trinajstić information content (AvgIpc) is 3.20. The van der Waals surface area contributed by atoms with Gasteiger partial charge in [-0.15, -0.1) is 0 Å². The van der Waals surface area contributed by atoms with Crippen molar-refractivity contribution in [2.45, 2.75) is 45.9 Å². The van der Waals surface area contributed by atoms with E-state index in [0.29, 0.717) is 16.5 Å². The van der Waals surface area contributed by atoms with E-state index in [2.05, 4.69) is 29.4 Å². The monoisotopic (exact) mass is 372 g/mol. The van der Waals surface area contributed by atoms with Gasteiger partial charge in [-0.1, -0.05) is 43.7 Å². The number of ether oxygens (including phenoxy) is 1. The van der Waals surface area contributed by atoms with E-state index < -0.39 is 0 Å². The van der Waals surface area contributed by atoms with E-state index in [4.69, 9.17) is 17.0 Å². The molecule has 1 aliphatic heterocycles. The number of H-pyrrole nitrogens is 1. The van der Waals surface area contributed by atoms with E-state index in [1.165, 1.54) is 5.56 Å². The third-order valence-electron chi connectivity index (χ3n) is 5.79. The van der Waals surface area contributed by atoms with Crippen molar-refractivity contribution in [2.75, 3.05) is 6.61 Å². The molecule has 3 atom stereocenters. The normalized spacial score (nSPS) is 26.2. The highest BCUT2D eigenvalue weighted by Crippen LogP contribution is 2.52. The fraction of sp³-hybridized carbons (Fsp3) is 0.526. The minimum absolute atomic E-state index is 0.0333. The first-order chi connectivity index (χ1) is 12.4. The SMILES string of the molecule is Cc1ccc(-c2n[nH]c(=S)n2CC(=O)N[C@@H]2[C@H]3CCO[C@H]3C2(C)C)cc1. The lowest BCUT2D eigenvalue weighted by Gasteiger charge is -2.54. The highest BCUT2D eigenvalue weighted by molar-refractivity contribution is 7.71. The first-order valence-corrected chi connectivity index (χ1v) is 9.42. The molecule has 4 rings (SSSR count). The molecule has 0 spiro atoms. The number of rotatable bonds is 4. The van der Waals surface area contributed by atoms with Gasteiger partial charge < -0.3 is 10.1 Å². The Morgan fingerprint density at radius 1 is 1.42 bits per heavy atom. The largest absolute Gasteiger partial charge is 0.377 e. The number of benzene rings is 1. The van der Waals surface area contributed by atoms with Gasteiger partial charge in [0.2, 0.25) is 5.91 Å². The molecule has 2 N–H and O–H groups in total. The molecule has 138 valence electrons. The second-order valence-electron chi connectivity index (χ2n) is 7.92. The number of nitrogens with zero attached hydrogens (tertiary/aromatic N) is 2. The molecule has 2 heterocycles. The number of carbonyl (C=O) groups is 1. The maximum absolute atomic E-state index is 12.7. The number of aryl methyl sites for hydroxylation is 1. The van der Waals surface area contributed by atoms with Gasteiger partial charge >= 0.3 is 0 Å². The van der Waals surface area contributed by atoms with Crippen LogP contribution < -0.4 is 5.32 Å². The average molecular weight is 372 g/mol. The second kappa shape index (κ2) is 6.32. The number of hydrogen-bond donors (Lipinski definition) is 2. The number of amides is 1. The van der Waals surface area contributed by atoms with E-state index in [1.54, 1.807) is 4.57 Å². The summed E-state index contributed by atoms with van der Waals surface area (Å²) in [5.41, 5.74) is 2.07. The summed E-state index contributed by atoms with van der Waals surface area (Å²) in [5.74, 6) is 1.06. The molecule has 0 bridgehead atoms. The number of aromatic amines is 1. The van der Waals surface area contributed by atoms with Gasteiger partial charge in [0.25, 0.3) is 0 Å². The van der Waals surface area contributed by atoms with E-state index in [-0.39, 0.29) is 30.0 Å². The molecule has 1 aromatic carbocycles. The highest BCUT2D eigenvalue weighted by Gasteiger charge is 2.59. The summed E-state index contributed by atoms with van der Waals surface area (Å²) in [5, 5.41) is 10.3. The van der Waals surface area contributed by atoms with Crippen LogP contribution in [0.2, 0.25) is 0 Å². The molecule has 0 unspecified atom stereocenters. The van der Waals surface area contributed by atoms with Gasteiger partial charge in [0.05, 0.1) is 6.10 Å². The van der Waals surface area contributed by atoms with Crippen molar-refractivity contribution in [1.82, 2.24) is 20.1 Å². The van der Waals surface area contributed by atoms with Crippen LogP contribution in [-0.2, 0) is 16.1 Å². The molecule has 26 heavy (non-hydrogen) atoms. The van der Waals surface area contributed by atoms with E-state index in [0.717, 1.165) is 18.6 Å². The lowest BCUT2D eigenvalue weighted by Crippen LogP contribution is -2.67. The van der Waals surface area contributed by atoms with Gasteiger partial charge in [-0.25, -0.2) is 0 Å². The number of aromatic nitrogens is 3. The van der Waals surface area contributed by atoms with Gasteiger partial charge in [0, 0.05) is 29.5 Å². The van der Waals surface area contributed by atoms with Gasteiger partial charge in [-0.05, 0) is 25.6 Å². The quantitative estimate of drug-likeness (QED) is 0.810. The molecule has 1 saturated carbocycles. The lowest BCUT2D eigenvalue weighted by atomic mass is 9.57. The Morgan fingerprint density at radius 2 is 2.15 bits per heavy atom. The van der Waals surface area contributed by atoms with Crippen molar-refractivity contribution < 1.29 is 9.53 Å². The summed E-state index contributed by atoms with van der Waals surface area (Å²) in [6, 6.07) is 8.17. The molecule has 1 amide bonds. The number of carbonyl (C=O) groups excluding carboxylic acids is 1. The Morgan fingerprint density at radius 3 is 2.88 bits per heavy atom. The summed E-state index contributed by atoms with van der Waals surface area (Å²) >= 11 is 5.34. The van der Waals surface area contributed by atoms with Gasteiger partial charge in [-0.3, -0.25) is 14.5 Å². The first-order valence-electron chi connectivity index (χ1n) is 9.01. The zero-order valence-corrected chi connectivity index (χ0v) is 16.1. The van der Waals surface area contributed by atoms with Crippen molar-refractivity contribution in [1.29, 1.82) is 0 Å². The fourth-order valence-corrected chi connectivity index (χ4v) is 4.56. The van der Waals surface area contributed by atoms with E-state index >= 15 is 0 Å². The molecule has 2 fully saturated rings. The summed E-state index contributed by atoms with van der Waals surface area (Å²) in [6.07, 6.45) is 1.27. The van der Waals surface area contributed by atoms with Crippen LogP contribution in [0.25, 0.3) is 11.4 Å². The predicted octanol–water partition coefficient (Wildman–Crippen LogP) is 2.85. The lowest BCUT2D eigenvalue weighted by molar-refractivity contribution is -0.138. The molecule has 2 aliphatic rings. The molecular weight excluding hydrogens is 348 g/mol. The maximum atomic E-state index is 12.7. The summed E-state index contributed by atoms with van der Waals surface area (Å²) in [6.45, 7) is 7.30. The van der Waals surface area contributed by atoms with Gasteiger partial charge in [-0.2, -0.15) is 5.10 Å². The Kier molecular flexibility index (Phi) is 4.23. The van der Waals surface area contributed by atoms with Crippen LogP contribution in [-0.4, -0.2) is 39.4 Å². The zero-order valence-electron chi connectivity index (χ0n) is 15.3. The first kappa shape index (κ1) is 17.4. The minimum atomic E-state index is -0.0423. The Labute approximate surface area is 158 Å². The molecule has 1 aliphatic carbocycles. The number of hydrogen-bond acceptors (Lipinski definition) is 4. The van der Waals surface area contributed by atoms with Crippen LogP contribution in [0.1, 0.15) is 25.8 Å². The maximum Gasteiger partial charge on any atom is 0.240 e. The van der Waals surface area contributed by atoms with Gasteiger partial charge in [0.15, 0.2) is 10.6 Å². The zero-order chi connectivity index (χ0) is 18.5. The molecule has 7 heteroatoms. The molecule has 2 aromatic rings. The van der Waals surface area contributed by atoms with Crippen molar-refractivity contribution >= 4 is 18.1 Å². The number of fused-ring (bicyclic) bond motifs is 1. The predicted molar refractivity (Wildman–Crippen MR) is 101 cm³/mol. The fourth-order valence-electron chi connectivity index (χ4n) is 4.37. The Balaban J connectivity index is 1.51. The minimum Gasteiger partial charge on any atom is -0.377 e. The summed E-state index contributed by atoms with van der Waals surface area (Å²) in [4.78, 5) is 12.7. The van der Waals surface area contributed by atoms with Crippen LogP contribution >= 0.6 is 12.2 Å². The van der Waals surface area contributed by atoms with Crippen LogP contribution in [0.4, 0.5) is 0 Å². The second-order valence-corrected chi connectivity index (χ2v) is 8.30. The molecular formula is C19H24N4O2S. The standard InChI is InChI=1S/C19H24N4O2S/c1-11-4-6-12(7-5-11)17-21-22-18(26)23(17)10-14(24)20-15-13-8-9-25-16(13)19(15,2)3/h4-7,13,15-16H,8-10H2,1-3H3,(H,20,24)(H,22,26)/t13-,15-,16-/m1/s1. The molecule has 1 saturated heterocycles. The van der Waals surface area contributed by atoms with Crippen LogP contribution in [0.3, 0.4) is 0 Å². The molecule has 0 radical (unpaired) electrons. The van der Waals surface area contributed by atoms with Crippen molar-refractivity contribution in [3.8, 4) is 11.4 Å². The van der Waals surface area contributed by atoms with Gasteiger partial charge in [0.1, 0.15) is 6.54 Å². The highest BCUT2D eigenvalue weighted by atomic mass is 32.1. The van der Waals surface area contributed by atoms with Crippen LogP contribution in [0.15, 0.2) is 24.3 Å². The third-order valence-corrected chi connectivity index (χ3v) is 6.10. The third kappa shape index (κ3) is 2.79. The Hall–Kier alpha value is -1.99. The van der Waals surface area contributed by atoms with Crippen molar-refractivity contribution in [3.63, 3.8) is 0 Å². The van der Waals surface area contributed by atoms with Crippen LogP contribution in [0, 0.1) is 23.0 Å². The summed E-state index contributed by atoms with van der Waals surface area (Å²) < 4.78 is 8.01. The van der Waals surface area contributed by atoms with Crippen molar-refractivity contribution in [2.24, 2.45) is 11.3 Å². The molecule has 1 aromatic heterocycles. The van der Waals surface area contributed by atoms with E-state index in [9.17, 15) is 4.79 Å². The smallest absolute Gasteiger partial charge is 0.240 e.